The second-order valence-electron chi connectivity index (χ2n) is 8.89. The van der Waals surface area contributed by atoms with Crippen molar-refractivity contribution in [3.05, 3.63) is 45.7 Å². The van der Waals surface area contributed by atoms with E-state index in [0.29, 0.717) is 22.1 Å². The van der Waals surface area contributed by atoms with Gasteiger partial charge in [-0.15, -0.1) is 12.4 Å². The van der Waals surface area contributed by atoms with E-state index in [1.165, 1.54) is 14.0 Å². The minimum Gasteiger partial charge on any atom is -0.508 e. The number of hydrogen-bond donors (Lipinski definition) is 7. The van der Waals surface area contributed by atoms with Gasteiger partial charge in [0, 0.05) is 13.0 Å². The monoisotopic (exact) mass is 518 g/mol. The fourth-order valence-electron chi connectivity index (χ4n) is 5.01. The largest absolute Gasteiger partial charge is 0.508 e. The lowest BCUT2D eigenvalue weighted by molar-refractivity contribution is -0.122. The first kappa shape index (κ1) is 26.9. The number of phenolic OH excluding ortho intramolecular Hbond substituents is 2. The molecule has 11 nitrogen and oxygen atoms in total. The summed E-state index contributed by atoms with van der Waals surface area (Å²) in [5.41, 5.74) is 6.12. The summed E-state index contributed by atoms with van der Waals surface area (Å²) in [4.78, 5) is 38.3. The molecule has 0 saturated heterocycles. The van der Waals surface area contributed by atoms with Crippen LogP contribution in [0.2, 0.25) is 0 Å². The van der Waals surface area contributed by atoms with Gasteiger partial charge in [0.05, 0.1) is 28.3 Å². The summed E-state index contributed by atoms with van der Waals surface area (Å²) in [5, 5.41) is 50.9. The first-order valence-corrected chi connectivity index (χ1v) is 10.9. The Bertz CT molecular complexity index is 1400. The summed E-state index contributed by atoms with van der Waals surface area (Å²) in [6.45, 7) is 4.63. The minimum absolute atomic E-state index is 0. The van der Waals surface area contributed by atoms with Crippen molar-refractivity contribution in [1.82, 2.24) is 10.7 Å². The Morgan fingerprint density at radius 3 is 2.42 bits per heavy atom. The third kappa shape index (κ3) is 3.50. The molecule has 0 fully saturated rings. The smallest absolute Gasteiger partial charge is 0.334 e. The average molecular weight is 519 g/mol. The van der Waals surface area contributed by atoms with Crippen molar-refractivity contribution in [3.63, 3.8) is 0 Å². The van der Waals surface area contributed by atoms with Crippen LogP contribution in [0.1, 0.15) is 34.0 Å². The van der Waals surface area contributed by atoms with Crippen LogP contribution in [0.3, 0.4) is 0 Å². The highest BCUT2D eigenvalue weighted by Gasteiger charge is 2.60. The van der Waals surface area contributed by atoms with Crippen molar-refractivity contribution in [1.29, 1.82) is 0 Å². The third-order valence-electron chi connectivity index (χ3n) is 7.04. The molecule has 36 heavy (non-hydrogen) atoms. The lowest BCUT2D eigenvalue weighted by Gasteiger charge is -2.45. The summed E-state index contributed by atoms with van der Waals surface area (Å²) in [6, 6.07) is 1.28. The SMILES string of the molecule is CNC(=O)N/N=C(\C)C1=C(O)[C@@]2(O)C(=O)c3c(c(C)c4ccc(C)c(O)c4c3O)C[C@H]2[C@@H](N)C1=O.Cl. The second-order valence-corrected chi connectivity index (χ2v) is 8.89. The summed E-state index contributed by atoms with van der Waals surface area (Å²) >= 11 is 0. The van der Waals surface area contributed by atoms with Crippen LogP contribution in [0.15, 0.2) is 28.6 Å². The van der Waals surface area contributed by atoms with Crippen molar-refractivity contribution in [2.75, 3.05) is 7.05 Å². The normalized spacial score (nSPS) is 23.7. The zero-order valence-electron chi connectivity index (χ0n) is 20.0. The number of phenols is 2. The number of ketones is 2. The summed E-state index contributed by atoms with van der Waals surface area (Å²) in [7, 11) is 1.35. The zero-order chi connectivity index (χ0) is 26.0. The molecule has 3 atom stereocenters. The third-order valence-corrected chi connectivity index (χ3v) is 7.04. The molecular formula is C24H27ClN4O7. The number of fused-ring (bicyclic) bond motifs is 3. The number of nitrogens with two attached hydrogens (primary N) is 1. The molecule has 4 rings (SSSR count). The Morgan fingerprint density at radius 1 is 1.17 bits per heavy atom. The fourth-order valence-corrected chi connectivity index (χ4v) is 5.01. The van der Waals surface area contributed by atoms with Gasteiger partial charge in [0.15, 0.2) is 11.4 Å². The fraction of sp³-hybridized carbons (Fsp3) is 0.333. The number of halogens is 1. The van der Waals surface area contributed by atoms with Crippen molar-refractivity contribution >= 4 is 46.5 Å². The van der Waals surface area contributed by atoms with E-state index < -0.39 is 52.2 Å². The molecule has 2 aliphatic rings. The van der Waals surface area contributed by atoms with Gasteiger partial charge < -0.3 is 31.5 Å². The van der Waals surface area contributed by atoms with Crippen LogP contribution in [0.4, 0.5) is 4.79 Å². The number of benzene rings is 2. The molecule has 0 aromatic heterocycles. The van der Waals surface area contributed by atoms with E-state index >= 15 is 0 Å². The number of nitrogens with one attached hydrogen (secondary N) is 2. The van der Waals surface area contributed by atoms with Crippen molar-refractivity contribution in [3.8, 4) is 11.5 Å². The number of rotatable bonds is 2. The molecule has 8 N–H and O–H groups in total. The highest BCUT2D eigenvalue weighted by atomic mass is 35.5. The Kier molecular flexibility index (Phi) is 6.79. The molecule has 2 aliphatic carbocycles. The van der Waals surface area contributed by atoms with Gasteiger partial charge >= 0.3 is 6.03 Å². The predicted octanol–water partition coefficient (Wildman–Crippen LogP) is 1.40. The van der Waals surface area contributed by atoms with Crippen molar-refractivity contribution < 1.29 is 34.8 Å². The number of hydrogen-bond acceptors (Lipinski definition) is 9. The molecule has 0 aliphatic heterocycles. The Morgan fingerprint density at radius 2 is 1.81 bits per heavy atom. The number of aryl methyl sites for hydroxylation is 2. The van der Waals surface area contributed by atoms with Crippen LogP contribution >= 0.6 is 12.4 Å². The molecule has 0 heterocycles. The van der Waals surface area contributed by atoms with Crippen LogP contribution in [-0.2, 0) is 11.2 Å². The van der Waals surface area contributed by atoms with E-state index in [1.807, 2.05) is 0 Å². The first-order valence-electron chi connectivity index (χ1n) is 10.9. The minimum atomic E-state index is -2.64. The maximum Gasteiger partial charge on any atom is 0.334 e. The molecule has 2 aromatic rings. The van der Waals surface area contributed by atoms with Crippen LogP contribution in [0.5, 0.6) is 11.5 Å². The van der Waals surface area contributed by atoms with Gasteiger partial charge in [-0.2, -0.15) is 5.10 Å². The number of carbonyl (C=O) groups is 3. The molecule has 0 bridgehead atoms. The topological polar surface area (TPSA) is 195 Å². The number of amides is 2. The van der Waals surface area contributed by atoms with Gasteiger partial charge in [-0.05, 0) is 49.3 Å². The Labute approximate surface area is 212 Å². The molecule has 2 aromatic carbocycles. The molecule has 2 amide bonds. The molecule has 192 valence electrons. The molecule has 0 spiro atoms. The van der Waals surface area contributed by atoms with E-state index in [2.05, 4.69) is 15.8 Å². The summed E-state index contributed by atoms with van der Waals surface area (Å²) in [5.74, 6) is -4.76. The summed E-state index contributed by atoms with van der Waals surface area (Å²) < 4.78 is 0. The number of hydrazone groups is 1. The van der Waals surface area contributed by atoms with Gasteiger partial charge in [-0.1, -0.05) is 12.1 Å². The maximum absolute atomic E-state index is 13.8. The molecule has 0 saturated carbocycles. The summed E-state index contributed by atoms with van der Waals surface area (Å²) in [6.07, 6.45) is -0.0987. The van der Waals surface area contributed by atoms with Gasteiger partial charge in [0.2, 0.25) is 5.78 Å². The maximum atomic E-state index is 13.8. The zero-order valence-corrected chi connectivity index (χ0v) is 20.8. The molecule has 0 unspecified atom stereocenters. The van der Waals surface area contributed by atoms with Gasteiger partial charge in [-0.3, -0.25) is 9.59 Å². The molecular weight excluding hydrogens is 492 g/mol. The quantitative estimate of drug-likeness (QED) is 0.229. The van der Waals surface area contributed by atoms with E-state index in [4.69, 9.17) is 5.73 Å². The number of aliphatic hydroxyl groups excluding tert-OH is 1. The number of aliphatic hydroxyl groups is 2. The van der Waals surface area contributed by atoms with E-state index in [-0.39, 0.29) is 41.2 Å². The standard InChI is InChI=1S/C24H26N4O7.ClH/c1-8-5-6-11-9(2)12-7-13-17(25)20(31)14(10(3)27-28-23(34)26-4)21(32)24(13,35)22(33)16(12)19(30)15(11)18(8)29;/h5-6,13,17,29-30,32,35H,7,25H2,1-4H3,(H2,26,28,34);1H/b27-10+;/t13-,17+,24+;/m0./s1. The Balaban J connectivity index is 0.00000361. The number of urea groups is 1. The van der Waals surface area contributed by atoms with E-state index in [0.717, 1.165) is 0 Å². The first-order chi connectivity index (χ1) is 16.4. The number of nitrogens with zero attached hydrogens (tertiary/aromatic N) is 1. The van der Waals surface area contributed by atoms with Crippen LogP contribution in [-0.4, -0.2) is 62.4 Å². The lowest BCUT2D eigenvalue weighted by Crippen LogP contribution is -2.63. The number of Topliss-reactive ketones (excluding diaryl/α,β-unsaturated/α-hetero) is 2. The average Bonchev–Trinajstić information content (AvgIpc) is 2.82. The predicted molar refractivity (Wildman–Crippen MR) is 134 cm³/mol. The number of carbonyl (C=O) groups excluding carboxylic acids is 3. The van der Waals surface area contributed by atoms with Crippen molar-refractivity contribution in [2.24, 2.45) is 16.8 Å². The van der Waals surface area contributed by atoms with Crippen LogP contribution in [0, 0.1) is 19.8 Å². The van der Waals surface area contributed by atoms with Crippen molar-refractivity contribution in [2.45, 2.75) is 38.8 Å². The second kappa shape index (κ2) is 9.08. The lowest BCUT2D eigenvalue weighted by atomic mass is 9.61. The Hall–Kier alpha value is -3.67. The molecule has 0 radical (unpaired) electrons. The van der Waals surface area contributed by atoms with Crippen LogP contribution in [0.25, 0.3) is 10.8 Å². The van der Waals surface area contributed by atoms with E-state index in [1.54, 1.807) is 26.0 Å². The van der Waals surface area contributed by atoms with Gasteiger partial charge in [0.25, 0.3) is 0 Å². The van der Waals surface area contributed by atoms with Gasteiger partial charge in [0.1, 0.15) is 17.3 Å². The van der Waals surface area contributed by atoms with Gasteiger partial charge in [-0.25, -0.2) is 10.2 Å². The highest BCUT2D eigenvalue weighted by molar-refractivity contribution is 6.26. The number of aromatic hydroxyl groups is 2. The highest BCUT2D eigenvalue weighted by Crippen LogP contribution is 2.50. The van der Waals surface area contributed by atoms with Crippen LogP contribution < -0.4 is 16.5 Å². The van der Waals surface area contributed by atoms with E-state index in [9.17, 15) is 34.8 Å². The molecule has 12 heteroatoms.